The molecule has 0 amide bonds. The second-order valence-electron chi connectivity index (χ2n) is 4.84. The van der Waals surface area contributed by atoms with Gasteiger partial charge in [0.05, 0.1) is 13.7 Å². The Morgan fingerprint density at radius 1 is 1.25 bits per heavy atom. The summed E-state index contributed by atoms with van der Waals surface area (Å²) in [4.78, 5) is 6.62. The van der Waals surface area contributed by atoms with Gasteiger partial charge in [-0.2, -0.15) is 4.98 Å². The summed E-state index contributed by atoms with van der Waals surface area (Å²) in [5.74, 6) is 2.08. The second kappa shape index (κ2) is 7.05. The molecule has 2 aromatic rings. The number of methoxy groups -OCH3 is 1. The lowest BCUT2D eigenvalue weighted by molar-refractivity contribution is 0.304. The quantitative estimate of drug-likeness (QED) is 0.777. The lowest BCUT2D eigenvalue weighted by Gasteiger charge is -2.12. The third kappa shape index (κ3) is 3.81. The Morgan fingerprint density at radius 3 is 2.65 bits per heavy atom. The molecular weight excluding hydrogens is 254 g/mol. The third-order valence-corrected chi connectivity index (χ3v) is 3.11. The van der Waals surface area contributed by atoms with Gasteiger partial charge in [0, 0.05) is 5.56 Å². The van der Waals surface area contributed by atoms with Crippen LogP contribution in [0.5, 0.6) is 5.75 Å². The molecular formula is C15H21N3O2. The van der Waals surface area contributed by atoms with Gasteiger partial charge in [0.1, 0.15) is 5.75 Å². The maximum Gasteiger partial charge on any atom is 0.257 e. The summed E-state index contributed by atoms with van der Waals surface area (Å²) in [6.07, 6.45) is 2.37. The molecule has 0 fully saturated rings. The van der Waals surface area contributed by atoms with Crippen molar-refractivity contribution in [2.45, 2.75) is 26.3 Å². The molecule has 0 bridgehead atoms. The molecule has 2 rings (SSSR count). The molecule has 5 nitrogen and oxygen atoms in total. The summed E-state index contributed by atoms with van der Waals surface area (Å²) in [6, 6.07) is 7.59. The minimum absolute atomic E-state index is 0.548. The van der Waals surface area contributed by atoms with E-state index < -0.39 is 0 Å². The molecule has 0 saturated heterocycles. The number of nitrogens with zero attached hydrogens (tertiary/aromatic N) is 3. The summed E-state index contributed by atoms with van der Waals surface area (Å²) in [7, 11) is 3.71. The van der Waals surface area contributed by atoms with Crippen molar-refractivity contribution in [3.63, 3.8) is 0 Å². The number of hydrogen-bond acceptors (Lipinski definition) is 5. The maximum absolute atomic E-state index is 5.30. The van der Waals surface area contributed by atoms with E-state index in [0.717, 1.165) is 23.7 Å². The summed E-state index contributed by atoms with van der Waals surface area (Å²) >= 11 is 0. The lowest BCUT2D eigenvalue weighted by Crippen LogP contribution is -2.19. The van der Waals surface area contributed by atoms with Crippen LogP contribution in [-0.2, 0) is 6.54 Å². The van der Waals surface area contributed by atoms with Gasteiger partial charge >= 0.3 is 0 Å². The van der Waals surface area contributed by atoms with Gasteiger partial charge in [-0.25, -0.2) is 0 Å². The first-order chi connectivity index (χ1) is 9.72. The van der Waals surface area contributed by atoms with Gasteiger partial charge in [-0.05, 0) is 44.3 Å². The number of rotatable bonds is 7. The first kappa shape index (κ1) is 14.5. The molecule has 5 heteroatoms. The third-order valence-electron chi connectivity index (χ3n) is 3.11. The Morgan fingerprint density at radius 2 is 2.00 bits per heavy atom. The number of unbranched alkanes of at least 4 members (excludes halogenated alkanes) is 1. The van der Waals surface area contributed by atoms with E-state index in [2.05, 4.69) is 29.0 Å². The van der Waals surface area contributed by atoms with Crippen LogP contribution in [-0.4, -0.2) is 35.7 Å². The monoisotopic (exact) mass is 275 g/mol. The highest BCUT2D eigenvalue weighted by atomic mass is 16.5. The first-order valence-electron chi connectivity index (χ1n) is 6.88. The zero-order valence-corrected chi connectivity index (χ0v) is 12.3. The molecule has 0 N–H and O–H groups in total. The van der Waals surface area contributed by atoms with E-state index in [-0.39, 0.29) is 0 Å². The number of ether oxygens (including phenoxy) is 1. The predicted octanol–water partition coefficient (Wildman–Crippen LogP) is 2.98. The molecule has 0 saturated carbocycles. The van der Waals surface area contributed by atoms with Crippen molar-refractivity contribution >= 4 is 0 Å². The molecule has 20 heavy (non-hydrogen) atoms. The van der Waals surface area contributed by atoms with Crippen LogP contribution in [0.25, 0.3) is 11.5 Å². The number of hydrogen-bond donors (Lipinski definition) is 0. The molecule has 0 spiro atoms. The molecule has 0 aliphatic rings. The van der Waals surface area contributed by atoms with Crippen LogP contribution in [0.1, 0.15) is 25.6 Å². The van der Waals surface area contributed by atoms with E-state index in [4.69, 9.17) is 9.26 Å². The van der Waals surface area contributed by atoms with Crippen LogP contribution in [0.2, 0.25) is 0 Å². The molecule has 0 atom stereocenters. The van der Waals surface area contributed by atoms with E-state index in [1.165, 1.54) is 12.8 Å². The summed E-state index contributed by atoms with van der Waals surface area (Å²) in [5, 5.41) is 4.02. The first-order valence-corrected chi connectivity index (χ1v) is 6.88. The van der Waals surface area contributed by atoms with Gasteiger partial charge < -0.3 is 9.26 Å². The molecule has 108 valence electrons. The molecule has 0 aliphatic heterocycles. The zero-order chi connectivity index (χ0) is 14.4. The molecule has 1 aromatic heterocycles. The minimum Gasteiger partial charge on any atom is -0.497 e. The predicted molar refractivity (Wildman–Crippen MR) is 77.5 cm³/mol. The number of aromatic nitrogens is 2. The molecule has 0 aliphatic carbocycles. The standard InChI is InChI=1S/C15H21N3O2/c1-4-5-10-18(2)11-14-16-15(20-17-14)12-6-8-13(19-3)9-7-12/h6-9H,4-5,10-11H2,1-3H3. The Hall–Kier alpha value is -1.88. The van der Waals surface area contributed by atoms with Gasteiger partial charge in [0.25, 0.3) is 5.89 Å². The summed E-state index contributed by atoms with van der Waals surface area (Å²) in [5.41, 5.74) is 0.903. The van der Waals surface area contributed by atoms with Gasteiger partial charge in [-0.3, -0.25) is 4.90 Å². The second-order valence-corrected chi connectivity index (χ2v) is 4.84. The van der Waals surface area contributed by atoms with E-state index in [1.54, 1.807) is 7.11 Å². The van der Waals surface area contributed by atoms with E-state index >= 15 is 0 Å². The Bertz CT molecular complexity index is 522. The molecule has 0 unspecified atom stereocenters. The topological polar surface area (TPSA) is 51.4 Å². The highest BCUT2D eigenvalue weighted by Crippen LogP contribution is 2.20. The normalized spacial score (nSPS) is 11.0. The largest absolute Gasteiger partial charge is 0.497 e. The van der Waals surface area contributed by atoms with Gasteiger partial charge in [0.15, 0.2) is 5.82 Å². The van der Waals surface area contributed by atoms with Crippen LogP contribution in [0, 0.1) is 0 Å². The fourth-order valence-electron chi connectivity index (χ4n) is 1.92. The van der Waals surface area contributed by atoms with Crippen molar-refractivity contribution in [3.8, 4) is 17.2 Å². The van der Waals surface area contributed by atoms with E-state index in [9.17, 15) is 0 Å². The van der Waals surface area contributed by atoms with E-state index in [0.29, 0.717) is 12.4 Å². The number of benzene rings is 1. The van der Waals surface area contributed by atoms with Crippen LogP contribution in [0.3, 0.4) is 0 Å². The average molecular weight is 275 g/mol. The van der Waals surface area contributed by atoms with Crippen LogP contribution >= 0.6 is 0 Å². The van der Waals surface area contributed by atoms with Crippen molar-refractivity contribution in [1.29, 1.82) is 0 Å². The van der Waals surface area contributed by atoms with Crippen LogP contribution in [0.4, 0.5) is 0 Å². The van der Waals surface area contributed by atoms with Crippen molar-refractivity contribution < 1.29 is 9.26 Å². The Kier molecular flexibility index (Phi) is 5.12. The summed E-state index contributed by atoms with van der Waals surface area (Å²) < 4.78 is 10.4. The fraction of sp³-hybridized carbons (Fsp3) is 0.467. The van der Waals surface area contributed by atoms with Crippen molar-refractivity contribution in [3.05, 3.63) is 30.1 Å². The van der Waals surface area contributed by atoms with E-state index in [1.807, 2.05) is 24.3 Å². The molecule has 0 radical (unpaired) electrons. The maximum atomic E-state index is 5.30. The molecule has 1 aromatic carbocycles. The summed E-state index contributed by atoms with van der Waals surface area (Å²) in [6.45, 7) is 3.94. The van der Waals surface area contributed by atoms with Crippen molar-refractivity contribution in [2.75, 3.05) is 20.7 Å². The highest BCUT2D eigenvalue weighted by Gasteiger charge is 2.10. The van der Waals surface area contributed by atoms with Gasteiger partial charge in [0.2, 0.25) is 0 Å². The van der Waals surface area contributed by atoms with Crippen LogP contribution in [0.15, 0.2) is 28.8 Å². The van der Waals surface area contributed by atoms with Crippen molar-refractivity contribution in [1.82, 2.24) is 15.0 Å². The minimum atomic E-state index is 0.548. The Balaban J connectivity index is 2.00. The van der Waals surface area contributed by atoms with Crippen LogP contribution < -0.4 is 4.74 Å². The fourth-order valence-corrected chi connectivity index (χ4v) is 1.92. The SMILES string of the molecule is CCCCN(C)Cc1noc(-c2ccc(OC)cc2)n1. The highest BCUT2D eigenvalue weighted by molar-refractivity contribution is 5.54. The van der Waals surface area contributed by atoms with Gasteiger partial charge in [-0.1, -0.05) is 18.5 Å². The lowest BCUT2D eigenvalue weighted by atomic mass is 10.2. The average Bonchev–Trinajstić information content (AvgIpc) is 2.93. The smallest absolute Gasteiger partial charge is 0.257 e. The van der Waals surface area contributed by atoms with Gasteiger partial charge in [-0.15, -0.1) is 0 Å². The zero-order valence-electron chi connectivity index (χ0n) is 12.3. The molecule has 1 heterocycles. The van der Waals surface area contributed by atoms with Crippen molar-refractivity contribution in [2.24, 2.45) is 0 Å². The Labute approximate surface area is 119 Å².